The molecule has 27 heavy (non-hydrogen) atoms. The number of nitrogens with one attached hydrogen (secondary N) is 1. The maximum atomic E-state index is 12.2. The van der Waals surface area contributed by atoms with Gasteiger partial charge in [0.1, 0.15) is 0 Å². The molecule has 2 heterocycles. The van der Waals surface area contributed by atoms with Gasteiger partial charge in [-0.25, -0.2) is 4.68 Å². The molecule has 0 spiro atoms. The van der Waals surface area contributed by atoms with E-state index in [4.69, 9.17) is 5.84 Å². The Labute approximate surface area is 162 Å². The number of nitrogens with two attached hydrogens (primary N) is 1. The summed E-state index contributed by atoms with van der Waals surface area (Å²) in [6.07, 6.45) is 6.73. The molecular weight excluding hydrogens is 360 g/mol. The Hall–Kier alpha value is -2.87. The third-order valence-corrected chi connectivity index (χ3v) is 4.94. The van der Waals surface area contributed by atoms with Gasteiger partial charge in [0.2, 0.25) is 11.1 Å². The van der Waals surface area contributed by atoms with Gasteiger partial charge in [-0.3, -0.25) is 9.78 Å². The highest BCUT2D eigenvalue weighted by Gasteiger charge is 2.13. The molecule has 0 radical (unpaired) electrons. The molecule has 3 aromatic rings. The average Bonchev–Trinajstić information content (AvgIpc) is 3.07. The quantitative estimate of drug-likeness (QED) is 0.459. The van der Waals surface area contributed by atoms with Gasteiger partial charge in [0, 0.05) is 23.6 Å². The Morgan fingerprint density at radius 3 is 2.59 bits per heavy atom. The van der Waals surface area contributed by atoms with E-state index in [9.17, 15) is 4.79 Å². The van der Waals surface area contributed by atoms with Crippen molar-refractivity contribution in [1.29, 1.82) is 0 Å². The fourth-order valence-electron chi connectivity index (χ4n) is 2.54. The number of carbonyl (C=O) groups is 1. The number of pyridine rings is 1. The summed E-state index contributed by atoms with van der Waals surface area (Å²) >= 11 is 1.24. The molecule has 140 valence electrons. The lowest BCUT2D eigenvalue weighted by Gasteiger charge is -2.07. The summed E-state index contributed by atoms with van der Waals surface area (Å²) in [6.45, 7) is 2.18. The standard InChI is InChI=1S/C19H22N6OS/c1-2-3-4-14-5-7-16(8-6-14)22-17(26)13-27-19-24-23-18(25(19)20)15-9-11-21-12-10-15/h5-12H,2-4,13,20H2,1H3,(H,22,26). The fourth-order valence-corrected chi connectivity index (χ4v) is 3.19. The minimum Gasteiger partial charge on any atom is -0.335 e. The first-order valence-electron chi connectivity index (χ1n) is 8.80. The number of nitrogen functional groups attached to an aromatic ring is 1. The number of carbonyl (C=O) groups excluding carboxylic acids is 1. The number of unbranched alkanes of at least 4 members (excludes halogenated alkanes) is 1. The SMILES string of the molecule is CCCCc1ccc(NC(=O)CSc2nnc(-c3ccncc3)n2N)cc1. The number of aromatic nitrogens is 4. The summed E-state index contributed by atoms with van der Waals surface area (Å²) in [4.78, 5) is 16.2. The molecule has 0 fully saturated rings. The van der Waals surface area contributed by atoms with E-state index in [2.05, 4.69) is 39.6 Å². The van der Waals surface area contributed by atoms with Crippen LogP contribution < -0.4 is 11.2 Å². The van der Waals surface area contributed by atoms with Crippen LogP contribution in [0.4, 0.5) is 5.69 Å². The van der Waals surface area contributed by atoms with E-state index >= 15 is 0 Å². The van der Waals surface area contributed by atoms with Crippen LogP contribution in [-0.2, 0) is 11.2 Å². The third kappa shape index (κ3) is 5.07. The zero-order valence-corrected chi connectivity index (χ0v) is 15.9. The minimum atomic E-state index is -0.116. The van der Waals surface area contributed by atoms with Crippen molar-refractivity contribution in [1.82, 2.24) is 19.9 Å². The predicted octanol–water partition coefficient (Wildman–Crippen LogP) is 3.13. The molecule has 0 aliphatic heterocycles. The minimum absolute atomic E-state index is 0.116. The van der Waals surface area contributed by atoms with Gasteiger partial charge in [-0.15, -0.1) is 10.2 Å². The molecule has 0 bridgehead atoms. The number of nitrogens with zero attached hydrogens (tertiary/aromatic N) is 4. The highest BCUT2D eigenvalue weighted by molar-refractivity contribution is 7.99. The van der Waals surface area contributed by atoms with E-state index in [-0.39, 0.29) is 11.7 Å². The maximum absolute atomic E-state index is 12.2. The van der Waals surface area contributed by atoms with Gasteiger partial charge in [-0.05, 0) is 42.7 Å². The third-order valence-electron chi connectivity index (χ3n) is 3.99. The lowest BCUT2D eigenvalue weighted by atomic mass is 10.1. The fraction of sp³-hybridized carbons (Fsp3) is 0.263. The van der Waals surface area contributed by atoms with E-state index in [0.29, 0.717) is 11.0 Å². The van der Waals surface area contributed by atoms with Crippen molar-refractivity contribution >= 4 is 23.4 Å². The smallest absolute Gasteiger partial charge is 0.234 e. The second-order valence-electron chi connectivity index (χ2n) is 6.05. The molecule has 0 saturated heterocycles. The van der Waals surface area contributed by atoms with Crippen molar-refractivity contribution in [2.75, 3.05) is 16.9 Å². The first-order chi connectivity index (χ1) is 13.2. The Bertz CT molecular complexity index is 879. The molecule has 1 amide bonds. The molecule has 0 aliphatic carbocycles. The van der Waals surface area contributed by atoms with Gasteiger partial charge < -0.3 is 11.2 Å². The highest BCUT2D eigenvalue weighted by atomic mass is 32.2. The van der Waals surface area contributed by atoms with Crippen LogP contribution in [0.2, 0.25) is 0 Å². The van der Waals surface area contributed by atoms with Crippen LogP contribution in [-0.4, -0.2) is 31.5 Å². The summed E-state index contributed by atoms with van der Waals surface area (Å²) in [5, 5.41) is 11.5. The summed E-state index contributed by atoms with van der Waals surface area (Å²) in [5.41, 5.74) is 2.89. The number of anilines is 1. The van der Waals surface area contributed by atoms with Crippen molar-refractivity contribution in [3.63, 3.8) is 0 Å². The number of thioether (sulfide) groups is 1. The van der Waals surface area contributed by atoms with Crippen molar-refractivity contribution < 1.29 is 4.79 Å². The molecule has 0 unspecified atom stereocenters. The largest absolute Gasteiger partial charge is 0.335 e. The monoisotopic (exact) mass is 382 g/mol. The molecule has 0 saturated carbocycles. The summed E-state index contributed by atoms with van der Waals surface area (Å²) < 4.78 is 1.38. The van der Waals surface area contributed by atoms with E-state index in [0.717, 1.165) is 17.7 Å². The lowest BCUT2D eigenvalue weighted by molar-refractivity contribution is -0.113. The zero-order valence-electron chi connectivity index (χ0n) is 15.1. The molecule has 8 heteroatoms. The van der Waals surface area contributed by atoms with E-state index in [1.807, 2.05) is 12.1 Å². The Balaban J connectivity index is 1.54. The van der Waals surface area contributed by atoms with Crippen LogP contribution in [0.25, 0.3) is 11.4 Å². The van der Waals surface area contributed by atoms with Gasteiger partial charge >= 0.3 is 0 Å². The van der Waals surface area contributed by atoms with Crippen LogP contribution in [0.3, 0.4) is 0 Å². The summed E-state index contributed by atoms with van der Waals surface area (Å²) in [5.74, 6) is 6.66. The maximum Gasteiger partial charge on any atom is 0.234 e. The second kappa shape index (κ2) is 9.18. The number of amides is 1. The van der Waals surface area contributed by atoms with Crippen LogP contribution in [0.1, 0.15) is 25.3 Å². The van der Waals surface area contributed by atoms with Gasteiger partial charge in [-0.2, -0.15) is 0 Å². The van der Waals surface area contributed by atoms with Crippen molar-refractivity contribution in [3.05, 3.63) is 54.4 Å². The lowest BCUT2D eigenvalue weighted by Crippen LogP contribution is -2.16. The van der Waals surface area contributed by atoms with Crippen LogP contribution in [0.5, 0.6) is 0 Å². The Morgan fingerprint density at radius 1 is 1.15 bits per heavy atom. The molecule has 1 aromatic carbocycles. The van der Waals surface area contributed by atoms with Crippen molar-refractivity contribution in [3.8, 4) is 11.4 Å². The molecular formula is C19H22N6OS. The van der Waals surface area contributed by atoms with Gasteiger partial charge in [0.05, 0.1) is 5.75 Å². The number of hydrogen-bond donors (Lipinski definition) is 2. The number of aryl methyl sites for hydroxylation is 1. The molecule has 3 N–H and O–H groups in total. The van der Waals surface area contributed by atoms with Crippen LogP contribution >= 0.6 is 11.8 Å². The molecule has 0 aliphatic rings. The van der Waals surface area contributed by atoms with Gasteiger partial charge in [0.25, 0.3) is 0 Å². The van der Waals surface area contributed by atoms with Gasteiger partial charge in [0.15, 0.2) is 5.82 Å². The van der Waals surface area contributed by atoms with Crippen molar-refractivity contribution in [2.24, 2.45) is 0 Å². The Kier molecular flexibility index (Phi) is 6.43. The molecule has 2 aromatic heterocycles. The number of rotatable bonds is 8. The zero-order chi connectivity index (χ0) is 19.1. The number of benzene rings is 1. The molecule has 7 nitrogen and oxygen atoms in total. The van der Waals surface area contributed by atoms with Gasteiger partial charge in [-0.1, -0.05) is 37.2 Å². The normalized spacial score (nSPS) is 10.7. The first kappa shape index (κ1) is 18.9. The second-order valence-corrected chi connectivity index (χ2v) is 6.99. The van der Waals surface area contributed by atoms with E-state index < -0.39 is 0 Å². The Morgan fingerprint density at radius 2 is 1.89 bits per heavy atom. The summed E-state index contributed by atoms with van der Waals surface area (Å²) in [6, 6.07) is 11.6. The summed E-state index contributed by atoms with van der Waals surface area (Å²) in [7, 11) is 0. The topological polar surface area (TPSA) is 98.7 Å². The average molecular weight is 382 g/mol. The van der Waals surface area contributed by atoms with E-state index in [1.165, 1.54) is 34.8 Å². The predicted molar refractivity (Wildman–Crippen MR) is 108 cm³/mol. The van der Waals surface area contributed by atoms with Crippen LogP contribution in [0.15, 0.2) is 53.9 Å². The van der Waals surface area contributed by atoms with Crippen LogP contribution in [0, 0.1) is 0 Å². The molecule has 0 atom stereocenters. The van der Waals surface area contributed by atoms with E-state index in [1.54, 1.807) is 24.5 Å². The number of hydrogen-bond acceptors (Lipinski definition) is 6. The first-order valence-corrected chi connectivity index (χ1v) is 9.78. The van der Waals surface area contributed by atoms with Crippen molar-refractivity contribution in [2.45, 2.75) is 31.3 Å². The molecule has 3 rings (SSSR count). The highest BCUT2D eigenvalue weighted by Crippen LogP contribution is 2.21.